The Balaban J connectivity index is 1.09. The smallest absolute Gasteiger partial charge is 0.0272 e. The number of rotatable bonds is 3. The molecule has 0 N–H and O–H groups in total. The van der Waals surface area contributed by atoms with Crippen molar-refractivity contribution in [3.8, 4) is 44.5 Å². The second-order valence-electron chi connectivity index (χ2n) is 16.5. The van der Waals surface area contributed by atoms with Gasteiger partial charge < -0.3 is 0 Å². The van der Waals surface area contributed by atoms with Crippen LogP contribution in [0.25, 0.3) is 76.8 Å². The molecule has 8 aromatic carbocycles. The molecule has 0 atom stereocenters. The van der Waals surface area contributed by atoms with Gasteiger partial charge in [0.05, 0.1) is 0 Å². The Hall–Kier alpha value is -5.46. The van der Waals surface area contributed by atoms with Crippen LogP contribution in [0.2, 0.25) is 0 Å². The molecule has 13 rings (SSSR count). The van der Waals surface area contributed by atoms with E-state index in [2.05, 4.69) is 158 Å². The van der Waals surface area contributed by atoms with Crippen molar-refractivity contribution in [1.29, 1.82) is 0 Å². The minimum atomic E-state index is 0.153. The maximum Gasteiger partial charge on any atom is 0.0272 e. The topological polar surface area (TPSA) is 0 Å². The van der Waals surface area contributed by atoms with E-state index in [0.29, 0.717) is 0 Å². The normalized spacial score (nSPS) is 23.8. The van der Waals surface area contributed by atoms with E-state index in [9.17, 15) is 0 Å². The fraction of sp³-hybridized carbons (Fsp3) is 0.192. The summed E-state index contributed by atoms with van der Waals surface area (Å²) in [4.78, 5) is 0. The van der Waals surface area contributed by atoms with E-state index in [1.54, 1.807) is 11.1 Å². The summed E-state index contributed by atoms with van der Waals surface area (Å²) in [5.41, 5.74) is 14.2. The van der Waals surface area contributed by atoms with Gasteiger partial charge in [0.25, 0.3) is 0 Å². The lowest BCUT2D eigenvalue weighted by atomic mass is 9.43. The summed E-state index contributed by atoms with van der Waals surface area (Å²) in [7, 11) is 0. The number of benzene rings is 8. The minimum Gasteiger partial charge on any atom is -0.0622 e. The molecular formula is C52H40. The van der Waals surface area contributed by atoms with Crippen LogP contribution in [0, 0.1) is 23.7 Å². The minimum absolute atomic E-state index is 0.153. The molecule has 0 nitrogen and oxygen atoms in total. The first-order valence-corrected chi connectivity index (χ1v) is 19.5. The van der Waals surface area contributed by atoms with Crippen molar-refractivity contribution in [3.05, 3.63) is 169 Å². The number of hydrogen-bond acceptors (Lipinski definition) is 0. The zero-order valence-corrected chi connectivity index (χ0v) is 29.4. The summed E-state index contributed by atoms with van der Waals surface area (Å²) < 4.78 is 0. The molecule has 4 saturated carbocycles. The predicted octanol–water partition coefficient (Wildman–Crippen LogP) is 13.9. The molecule has 0 heterocycles. The molecule has 248 valence electrons. The van der Waals surface area contributed by atoms with Crippen molar-refractivity contribution >= 4 is 32.3 Å². The van der Waals surface area contributed by atoms with E-state index in [4.69, 9.17) is 0 Å². The maximum absolute atomic E-state index is 2.62. The molecule has 4 bridgehead atoms. The van der Waals surface area contributed by atoms with Gasteiger partial charge in [-0.2, -0.15) is 0 Å². The Morgan fingerprint density at radius 1 is 0.346 bits per heavy atom. The van der Waals surface area contributed by atoms with Crippen LogP contribution in [0.15, 0.2) is 158 Å². The summed E-state index contributed by atoms with van der Waals surface area (Å²) in [6, 6.07) is 60.1. The number of fused-ring (bicyclic) bond motifs is 6. The zero-order chi connectivity index (χ0) is 34.0. The van der Waals surface area contributed by atoms with Gasteiger partial charge in [0, 0.05) is 5.41 Å². The van der Waals surface area contributed by atoms with Crippen LogP contribution in [0.1, 0.15) is 43.2 Å². The SMILES string of the molecule is c1ccc(-c2ccc(-c3c4ccccc4c(-c4ccc5c(c4)-c4cc6ccccc6cc4C54C5CC6CC(C5)CC4C6)c4ccccc34)cc2)cc1. The van der Waals surface area contributed by atoms with Gasteiger partial charge in [0.1, 0.15) is 0 Å². The standard InChI is InChI=1S/C52H40/c1-2-10-34(11-3-1)35-18-20-36(21-19-35)50-42-14-6-8-16-44(42)51(45-17-9-7-15-43(45)50)39-22-23-48-46(30-39)47-29-37-12-4-5-13-38(37)31-49(47)52(48)40-25-32-24-33(27-40)28-41(52)26-32/h1-23,29-33,40-41H,24-28H2. The van der Waals surface area contributed by atoms with Crippen molar-refractivity contribution in [3.63, 3.8) is 0 Å². The summed E-state index contributed by atoms with van der Waals surface area (Å²) >= 11 is 0. The number of hydrogen-bond donors (Lipinski definition) is 0. The van der Waals surface area contributed by atoms with E-state index < -0.39 is 0 Å². The molecule has 5 aliphatic rings. The van der Waals surface area contributed by atoms with Crippen LogP contribution in [0.5, 0.6) is 0 Å². The molecular weight excluding hydrogens is 625 g/mol. The van der Waals surface area contributed by atoms with Crippen LogP contribution < -0.4 is 0 Å². The van der Waals surface area contributed by atoms with E-state index in [0.717, 1.165) is 23.7 Å². The van der Waals surface area contributed by atoms with E-state index in [-0.39, 0.29) is 5.41 Å². The summed E-state index contributed by atoms with van der Waals surface area (Å²) in [6.45, 7) is 0. The average Bonchev–Trinajstić information content (AvgIpc) is 3.47. The molecule has 0 unspecified atom stereocenters. The fourth-order valence-corrected chi connectivity index (χ4v) is 12.3. The van der Waals surface area contributed by atoms with Crippen molar-refractivity contribution in [1.82, 2.24) is 0 Å². The van der Waals surface area contributed by atoms with Crippen LogP contribution in [-0.2, 0) is 5.41 Å². The molecule has 8 aromatic rings. The van der Waals surface area contributed by atoms with Gasteiger partial charge in [-0.05, 0) is 162 Å². The van der Waals surface area contributed by atoms with E-state index >= 15 is 0 Å². The Kier molecular flexibility index (Phi) is 6.04. The highest BCUT2D eigenvalue weighted by molar-refractivity contribution is 6.21. The summed E-state index contributed by atoms with van der Waals surface area (Å²) in [6.07, 6.45) is 7.10. The molecule has 0 aromatic heterocycles. The molecule has 4 fully saturated rings. The Morgan fingerprint density at radius 3 is 1.42 bits per heavy atom. The van der Waals surface area contributed by atoms with Crippen molar-refractivity contribution in [2.75, 3.05) is 0 Å². The van der Waals surface area contributed by atoms with Crippen LogP contribution in [0.3, 0.4) is 0 Å². The fourth-order valence-electron chi connectivity index (χ4n) is 12.3. The van der Waals surface area contributed by atoms with Crippen molar-refractivity contribution in [2.24, 2.45) is 23.7 Å². The first kappa shape index (κ1) is 29.2. The third kappa shape index (κ3) is 3.93. The lowest BCUT2D eigenvalue weighted by Crippen LogP contribution is -2.55. The highest BCUT2D eigenvalue weighted by atomic mass is 14.6. The van der Waals surface area contributed by atoms with Crippen LogP contribution in [-0.4, -0.2) is 0 Å². The summed E-state index contributed by atoms with van der Waals surface area (Å²) in [5, 5.41) is 8.03. The largest absolute Gasteiger partial charge is 0.0622 e. The molecule has 5 aliphatic carbocycles. The van der Waals surface area contributed by atoms with Crippen molar-refractivity contribution in [2.45, 2.75) is 37.5 Å². The molecule has 0 heteroatoms. The van der Waals surface area contributed by atoms with Gasteiger partial charge in [-0.3, -0.25) is 0 Å². The van der Waals surface area contributed by atoms with Gasteiger partial charge in [0.2, 0.25) is 0 Å². The lowest BCUT2D eigenvalue weighted by molar-refractivity contribution is -0.0398. The summed E-state index contributed by atoms with van der Waals surface area (Å²) in [5.74, 6) is 3.38. The van der Waals surface area contributed by atoms with Crippen LogP contribution >= 0.6 is 0 Å². The van der Waals surface area contributed by atoms with Crippen LogP contribution in [0.4, 0.5) is 0 Å². The molecule has 0 aliphatic heterocycles. The average molecular weight is 665 g/mol. The van der Waals surface area contributed by atoms with Gasteiger partial charge in [-0.25, -0.2) is 0 Å². The van der Waals surface area contributed by atoms with Gasteiger partial charge in [-0.1, -0.05) is 140 Å². The first-order chi connectivity index (χ1) is 25.7. The Bertz CT molecular complexity index is 2650. The highest BCUT2D eigenvalue weighted by Gasteiger charge is 2.61. The lowest BCUT2D eigenvalue weighted by Gasteiger charge is -2.61. The quantitative estimate of drug-likeness (QED) is 0.165. The van der Waals surface area contributed by atoms with Gasteiger partial charge in [-0.15, -0.1) is 0 Å². The third-order valence-corrected chi connectivity index (χ3v) is 14.0. The van der Waals surface area contributed by atoms with Gasteiger partial charge >= 0.3 is 0 Å². The maximum atomic E-state index is 2.62. The highest BCUT2D eigenvalue weighted by Crippen LogP contribution is 2.69. The molecule has 0 saturated heterocycles. The zero-order valence-electron chi connectivity index (χ0n) is 29.4. The monoisotopic (exact) mass is 664 g/mol. The molecule has 1 spiro atoms. The molecule has 52 heavy (non-hydrogen) atoms. The molecule has 0 amide bonds. The third-order valence-electron chi connectivity index (χ3n) is 14.0. The Labute approximate surface area is 305 Å². The van der Waals surface area contributed by atoms with Gasteiger partial charge in [0.15, 0.2) is 0 Å². The first-order valence-electron chi connectivity index (χ1n) is 19.5. The van der Waals surface area contributed by atoms with E-state index in [1.807, 2.05) is 0 Å². The van der Waals surface area contributed by atoms with Crippen molar-refractivity contribution < 1.29 is 0 Å². The second kappa shape index (κ2) is 10.8. The molecule has 0 radical (unpaired) electrons. The van der Waals surface area contributed by atoms with E-state index in [1.165, 1.54) is 109 Å². The predicted molar refractivity (Wildman–Crippen MR) is 219 cm³/mol. The second-order valence-corrected chi connectivity index (χ2v) is 16.5. The Morgan fingerprint density at radius 2 is 0.808 bits per heavy atom.